The highest BCUT2D eigenvalue weighted by Crippen LogP contribution is 2.31. The van der Waals surface area contributed by atoms with Gasteiger partial charge in [0.15, 0.2) is 17.0 Å². The standard InChI is InChI=1S/C17H17N3O5S/c1-3-24-16(23)12-7-18-17(20-12)26-8-13(21)10-4-5-14-11(6-10)19-15(22)9(2)25-14/h4-7,9H,3,8H2,1-2H3,(H,18,20)(H,19,22). The highest BCUT2D eigenvalue weighted by Gasteiger charge is 2.24. The third-order valence-corrected chi connectivity index (χ3v) is 4.51. The number of anilines is 1. The molecule has 1 aromatic carbocycles. The molecule has 1 aromatic heterocycles. The van der Waals surface area contributed by atoms with E-state index in [4.69, 9.17) is 9.47 Å². The lowest BCUT2D eigenvalue weighted by molar-refractivity contribution is -0.122. The van der Waals surface area contributed by atoms with Gasteiger partial charge < -0.3 is 19.8 Å². The number of H-pyrrole nitrogens is 1. The number of esters is 1. The first kappa shape index (κ1) is 18.0. The first-order chi connectivity index (χ1) is 12.5. The molecule has 26 heavy (non-hydrogen) atoms. The number of ether oxygens (including phenoxy) is 2. The highest BCUT2D eigenvalue weighted by molar-refractivity contribution is 7.99. The molecule has 1 unspecified atom stereocenters. The van der Waals surface area contributed by atoms with Crippen LogP contribution >= 0.6 is 11.8 Å². The van der Waals surface area contributed by atoms with Crippen LogP contribution < -0.4 is 10.1 Å². The number of benzene rings is 1. The predicted octanol–water partition coefficient (Wildman–Crippen LogP) is 2.28. The first-order valence-electron chi connectivity index (χ1n) is 7.97. The van der Waals surface area contributed by atoms with Crippen molar-refractivity contribution >= 4 is 35.1 Å². The van der Waals surface area contributed by atoms with Crippen molar-refractivity contribution in [2.24, 2.45) is 0 Å². The van der Waals surface area contributed by atoms with Gasteiger partial charge in [0.1, 0.15) is 11.4 Å². The van der Waals surface area contributed by atoms with Crippen molar-refractivity contribution in [3.05, 3.63) is 35.7 Å². The summed E-state index contributed by atoms with van der Waals surface area (Å²) in [6, 6.07) is 4.90. The average molecular weight is 375 g/mol. The summed E-state index contributed by atoms with van der Waals surface area (Å²) in [5, 5.41) is 3.16. The Morgan fingerprint density at radius 2 is 2.19 bits per heavy atom. The van der Waals surface area contributed by atoms with Gasteiger partial charge in [0.05, 0.1) is 24.2 Å². The molecule has 9 heteroatoms. The summed E-state index contributed by atoms with van der Waals surface area (Å²) in [7, 11) is 0. The number of carbonyl (C=O) groups excluding carboxylic acids is 3. The van der Waals surface area contributed by atoms with E-state index in [2.05, 4.69) is 15.3 Å². The van der Waals surface area contributed by atoms with Crippen molar-refractivity contribution in [2.45, 2.75) is 25.1 Å². The van der Waals surface area contributed by atoms with Gasteiger partial charge in [0, 0.05) is 5.56 Å². The summed E-state index contributed by atoms with van der Waals surface area (Å²) in [4.78, 5) is 42.5. The molecular formula is C17H17N3O5S. The number of amides is 1. The smallest absolute Gasteiger partial charge is 0.356 e. The second kappa shape index (κ2) is 7.61. The summed E-state index contributed by atoms with van der Waals surface area (Å²) >= 11 is 1.18. The third-order valence-electron chi connectivity index (χ3n) is 3.62. The van der Waals surface area contributed by atoms with Crippen LogP contribution in [0.5, 0.6) is 5.75 Å². The van der Waals surface area contributed by atoms with Crippen LogP contribution in [0.3, 0.4) is 0 Å². The topological polar surface area (TPSA) is 110 Å². The predicted molar refractivity (Wildman–Crippen MR) is 94.8 cm³/mol. The summed E-state index contributed by atoms with van der Waals surface area (Å²) in [6.07, 6.45) is 0.810. The van der Waals surface area contributed by atoms with Crippen LogP contribution in [-0.2, 0) is 9.53 Å². The zero-order valence-corrected chi connectivity index (χ0v) is 15.0. The Bertz CT molecular complexity index is 864. The fraction of sp³-hybridized carbons (Fsp3) is 0.294. The molecule has 0 saturated carbocycles. The summed E-state index contributed by atoms with van der Waals surface area (Å²) in [6.45, 7) is 3.65. The number of nitrogens with zero attached hydrogens (tertiary/aromatic N) is 1. The van der Waals surface area contributed by atoms with E-state index in [-0.39, 0.29) is 29.7 Å². The largest absolute Gasteiger partial charge is 0.479 e. The Kier molecular flexibility index (Phi) is 5.27. The maximum atomic E-state index is 12.4. The van der Waals surface area contributed by atoms with Gasteiger partial charge >= 0.3 is 5.97 Å². The molecule has 8 nitrogen and oxygen atoms in total. The van der Waals surface area contributed by atoms with E-state index in [1.54, 1.807) is 32.0 Å². The molecule has 1 aliphatic rings. The van der Waals surface area contributed by atoms with Crippen LogP contribution in [0.1, 0.15) is 34.7 Å². The monoisotopic (exact) mass is 375 g/mol. The molecular weight excluding hydrogens is 358 g/mol. The number of thioether (sulfide) groups is 1. The Balaban J connectivity index is 1.63. The molecule has 2 aromatic rings. The number of carbonyl (C=O) groups is 3. The minimum atomic E-state index is -0.563. The molecule has 0 spiro atoms. The number of imidazole rings is 1. The Morgan fingerprint density at radius 3 is 2.96 bits per heavy atom. The van der Waals surface area contributed by atoms with E-state index in [1.807, 2.05) is 0 Å². The van der Waals surface area contributed by atoms with Crippen LogP contribution in [0.2, 0.25) is 0 Å². The third kappa shape index (κ3) is 3.88. The van der Waals surface area contributed by atoms with E-state index in [0.717, 1.165) is 0 Å². The Hall–Kier alpha value is -2.81. The number of Topliss-reactive ketones (excluding diaryl/α,β-unsaturated/α-hetero) is 1. The molecule has 0 bridgehead atoms. The number of hydrogen-bond donors (Lipinski definition) is 2. The van der Waals surface area contributed by atoms with Crippen LogP contribution in [-0.4, -0.2) is 46.1 Å². The fourth-order valence-corrected chi connectivity index (χ4v) is 3.03. The first-order valence-corrected chi connectivity index (χ1v) is 8.96. The molecule has 0 saturated heterocycles. The molecule has 136 valence electrons. The lowest BCUT2D eigenvalue weighted by atomic mass is 10.1. The number of aromatic amines is 1. The van der Waals surface area contributed by atoms with Crippen LogP contribution in [0, 0.1) is 0 Å². The molecule has 0 aliphatic carbocycles. The van der Waals surface area contributed by atoms with Gasteiger partial charge in [-0.2, -0.15) is 0 Å². The van der Waals surface area contributed by atoms with Gasteiger partial charge in [-0.15, -0.1) is 0 Å². The number of ketones is 1. The van der Waals surface area contributed by atoms with Gasteiger partial charge in [-0.3, -0.25) is 9.59 Å². The number of hydrogen-bond acceptors (Lipinski definition) is 7. The lowest BCUT2D eigenvalue weighted by Gasteiger charge is -2.23. The molecule has 0 radical (unpaired) electrons. The SMILES string of the molecule is CCOC(=O)c1cnc(SCC(=O)c2ccc3c(c2)NC(=O)C(C)O3)[nH]1. The van der Waals surface area contributed by atoms with Gasteiger partial charge in [-0.25, -0.2) is 9.78 Å². The number of fused-ring (bicyclic) bond motifs is 1. The summed E-state index contributed by atoms with van der Waals surface area (Å²) in [5.74, 6) is -0.220. The van der Waals surface area contributed by atoms with Gasteiger partial charge in [0.2, 0.25) is 0 Å². The van der Waals surface area contributed by atoms with Gasteiger partial charge in [0.25, 0.3) is 5.91 Å². The van der Waals surface area contributed by atoms with E-state index in [1.165, 1.54) is 18.0 Å². The Labute approximate surface area is 153 Å². The van der Waals surface area contributed by atoms with Crippen LogP contribution in [0.4, 0.5) is 5.69 Å². The van der Waals surface area contributed by atoms with E-state index in [9.17, 15) is 14.4 Å². The van der Waals surface area contributed by atoms with Gasteiger partial charge in [-0.1, -0.05) is 11.8 Å². The summed E-state index contributed by atoms with van der Waals surface area (Å²) in [5.41, 5.74) is 1.17. The van der Waals surface area contributed by atoms with Crippen LogP contribution in [0.25, 0.3) is 0 Å². The number of rotatable bonds is 6. The van der Waals surface area contributed by atoms with Crippen molar-refractivity contribution in [2.75, 3.05) is 17.7 Å². The molecule has 1 amide bonds. The number of nitrogens with one attached hydrogen (secondary N) is 2. The number of aromatic nitrogens is 2. The van der Waals surface area contributed by atoms with Crippen molar-refractivity contribution in [3.8, 4) is 5.75 Å². The normalized spacial score (nSPS) is 15.6. The van der Waals surface area contributed by atoms with E-state index < -0.39 is 12.1 Å². The maximum Gasteiger partial charge on any atom is 0.356 e. The maximum absolute atomic E-state index is 12.4. The van der Waals surface area contributed by atoms with Crippen LogP contribution in [0.15, 0.2) is 29.6 Å². The zero-order valence-electron chi connectivity index (χ0n) is 14.2. The average Bonchev–Trinajstić information content (AvgIpc) is 3.09. The zero-order chi connectivity index (χ0) is 18.7. The quantitative estimate of drug-likeness (QED) is 0.453. The highest BCUT2D eigenvalue weighted by atomic mass is 32.2. The molecule has 0 fully saturated rings. The lowest BCUT2D eigenvalue weighted by Crippen LogP contribution is -2.34. The minimum absolute atomic E-state index is 0.125. The van der Waals surface area contributed by atoms with Gasteiger partial charge in [-0.05, 0) is 32.0 Å². The Morgan fingerprint density at radius 1 is 1.38 bits per heavy atom. The molecule has 2 N–H and O–H groups in total. The van der Waals surface area contributed by atoms with Crippen molar-refractivity contribution in [1.82, 2.24) is 9.97 Å². The summed E-state index contributed by atoms with van der Waals surface area (Å²) < 4.78 is 10.3. The van der Waals surface area contributed by atoms with Crippen molar-refractivity contribution in [3.63, 3.8) is 0 Å². The van der Waals surface area contributed by atoms with E-state index in [0.29, 0.717) is 22.2 Å². The van der Waals surface area contributed by atoms with E-state index >= 15 is 0 Å². The molecule has 1 aliphatic heterocycles. The minimum Gasteiger partial charge on any atom is -0.479 e. The molecule has 3 rings (SSSR count). The molecule has 2 heterocycles. The molecule has 1 atom stereocenters. The second-order valence-electron chi connectivity index (χ2n) is 5.49. The fourth-order valence-electron chi connectivity index (χ4n) is 2.29. The van der Waals surface area contributed by atoms with Crippen molar-refractivity contribution < 1.29 is 23.9 Å². The second-order valence-corrected chi connectivity index (χ2v) is 6.46. The van der Waals surface area contributed by atoms with Crippen molar-refractivity contribution in [1.29, 1.82) is 0 Å².